The maximum Gasteiger partial charge on any atom is 0.133 e. The topological polar surface area (TPSA) is 42.0 Å². The number of Topliss-reactive ketones (excluding diaryl/α,β-unsaturated/α-hetero) is 1. The molecule has 1 N–H and O–H groups in total. The van der Waals surface area contributed by atoms with Crippen molar-refractivity contribution < 1.29 is 4.79 Å². The van der Waals surface area contributed by atoms with Gasteiger partial charge in [-0.25, -0.2) is 0 Å². The molecule has 0 atom stereocenters. The number of carbonyl (C=O) groups excluding carboxylic acids is 1. The Balaban J connectivity index is 0.000000324. The molecule has 1 aromatic rings. The number of nitrogens with one attached hydrogen (secondary N) is 1. The van der Waals surface area contributed by atoms with Crippen LogP contribution in [0, 0.1) is 0 Å². The quantitative estimate of drug-likeness (QED) is 0.757. The fraction of sp³-hybridized carbons (Fsp3) is 0.455. The number of pyridine rings is 1. The Kier molecular flexibility index (Phi) is 11.2. The molecule has 2 rings (SSSR count). The molecule has 1 aliphatic rings. The van der Waals surface area contributed by atoms with E-state index in [9.17, 15) is 4.79 Å². The minimum atomic E-state index is 0.163. The van der Waals surface area contributed by atoms with Gasteiger partial charge < -0.3 is 5.32 Å². The van der Waals surface area contributed by atoms with E-state index in [2.05, 4.69) is 16.9 Å². The van der Waals surface area contributed by atoms with E-state index in [1.54, 1.807) is 25.4 Å². The van der Waals surface area contributed by atoms with Crippen molar-refractivity contribution in [1.29, 1.82) is 0 Å². The summed E-state index contributed by atoms with van der Waals surface area (Å²) in [6.45, 7) is 9.72. The summed E-state index contributed by atoms with van der Waals surface area (Å²) < 4.78 is 0. The molecule has 1 saturated heterocycles. The second kappa shape index (κ2) is 13.3. The summed E-state index contributed by atoms with van der Waals surface area (Å²) in [6.07, 6.45) is 16.7. The van der Waals surface area contributed by atoms with Crippen molar-refractivity contribution >= 4 is 11.4 Å². The van der Waals surface area contributed by atoms with Gasteiger partial charge in [-0.15, -0.1) is 0 Å². The van der Waals surface area contributed by atoms with Crippen LogP contribution in [0.5, 0.6) is 0 Å². The molecule has 3 heteroatoms. The molecule has 0 amide bonds. The fourth-order valence-electron chi connectivity index (χ4n) is 2.80. The summed E-state index contributed by atoms with van der Waals surface area (Å²) in [5, 5.41) is 3.39. The SMILES string of the molecule is C1CCCNCCC1.C=C/C=C\C(=C(/C)CC(C)=O)c1cccnc1. The van der Waals surface area contributed by atoms with Crippen molar-refractivity contribution in [3.63, 3.8) is 0 Å². The molecule has 0 aliphatic carbocycles. The van der Waals surface area contributed by atoms with Crippen LogP contribution in [-0.2, 0) is 4.79 Å². The third-order valence-electron chi connectivity index (χ3n) is 4.05. The first kappa shape index (κ1) is 21.0. The molecule has 2 heterocycles. The Bertz CT molecular complexity index is 549. The van der Waals surface area contributed by atoms with E-state index in [4.69, 9.17) is 0 Å². The van der Waals surface area contributed by atoms with Crippen LogP contribution in [0.3, 0.4) is 0 Å². The predicted octanol–water partition coefficient (Wildman–Crippen LogP) is 5.12. The third kappa shape index (κ3) is 9.78. The van der Waals surface area contributed by atoms with E-state index in [1.165, 1.54) is 45.2 Å². The van der Waals surface area contributed by atoms with Crippen LogP contribution in [0.4, 0.5) is 0 Å². The van der Waals surface area contributed by atoms with Crippen LogP contribution in [0.15, 0.2) is 54.9 Å². The number of hydrogen-bond donors (Lipinski definition) is 1. The second-order valence-corrected chi connectivity index (χ2v) is 6.43. The number of rotatable bonds is 5. The average molecular weight is 341 g/mol. The second-order valence-electron chi connectivity index (χ2n) is 6.43. The lowest BCUT2D eigenvalue weighted by atomic mass is 9.98. The number of aromatic nitrogens is 1. The van der Waals surface area contributed by atoms with Crippen LogP contribution in [0.2, 0.25) is 0 Å². The number of carbonyl (C=O) groups is 1. The van der Waals surface area contributed by atoms with Crippen molar-refractivity contribution in [2.75, 3.05) is 13.1 Å². The smallest absolute Gasteiger partial charge is 0.133 e. The van der Waals surface area contributed by atoms with Gasteiger partial charge in [-0.1, -0.05) is 55.7 Å². The Morgan fingerprint density at radius 2 is 1.88 bits per heavy atom. The zero-order chi connectivity index (χ0) is 18.3. The van der Waals surface area contributed by atoms with E-state index in [0.717, 1.165) is 16.7 Å². The summed E-state index contributed by atoms with van der Waals surface area (Å²) in [6, 6.07) is 3.87. The summed E-state index contributed by atoms with van der Waals surface area (Å²) >= 11 is 0. The maximum absolute atomic E-state index is 11.2. The minimum absolute atomic E-state index is 0.163. The zero-order valence-electron chi connectivity index (χ0n) is 15.8. The van der Waals surface area contributed by atoms with Gasteiger partial charge in [0, 0.05) is 18.8 Å². The summed E-state index contributed by atoms with van der Waals surface area (Å²) in [5.74, 6) is 0.163. The van der Waals surface area contributed by atoms with Gasteiger partial charge >= 0.3 is 0 Å². The lowest BCUT2D eigenvalue weighted by Gasteiger charge is -2.08. The molecule has 25 heavy (non-hydrogen) atoms. The Labute approximate surface area is 152 Å². The van der Waals surface area contributed by atoms with Gasteiger partial charge in [0.05, 0.1) is 0 Å². The van der Waals surface area contributed by atoms with Crippen molar-refractivity contribution in [2.24, 2.45) is 0 Å². The molecule has 0 spiro atoms. The van der Waals surface area contributed by atoms with Gasteiger partial charge in [-0.05, 0) is 57.0 Å². The summed E-state index contributed by atoms with van der Waals surface area (Å²) in [5.41, 5.74) is 3.10. The van der Waals surface area contributed by atoms with Crippen molar-refractivity contribution in [1.82, 2.24) is 10.3 Å². The van der Waals surface area contributed by atoms with Gasteiger partial charge in [0.15, 0.2) is 0 Å². The molecule has 136 valence electrons. The molecule has 1 fully saturated rings. The molecular formula is C22H32N2O. The van der Waals surface area contributed by atoms with E-state index in [-0.39, 0.29) is 5.78 Å². The molecule has 0 saturated carbocycles. The highest BCUT2D eigenvalue weighted by Gasteiger charge is 2.05. The van der Waals surface area contributed by atoms with Crippen LogP contribution < -0.4 is 5.32 Å². The van der Waals surface area contributed by atoms with Crippen molar-refractivity contribution in [3.8, 4) is 0 Å². The van der Waals surface area contributed by atoms with E-state index in [0.29, 0.717) is 6.42 Å². The minimum Gasteiger partial charge on any atom is -0.317 e. The van der Waals surface area contributed by atoms with Crippen molar-refractivity contribution in [3.05, 3.63) is 60.5 Å². The molecule has 1 aliphatic heterocycles. The van der Waals surface area contributed by atoms with Gasteiger partial charge in [-0.2, -0.15) is 0 Å². The van der Waals surface area contributed by atoms with Crippen molar-refractivity contribution in [2.45, 2.75) is 52.4 Å². The first-order chi connectivity index (χ1) is 12.1. The van der Waals surface area contributed by atoms with Crippen LogP contribution >= 0.6 is 0 Å². The van der Waals surface area contributed by atoms with Gasteiger partial charge in [0.2, 0.25) is 0 Å². The van der Waals surface area contributed by atoms with Gasteiger partial charge in [0.25, 0.3) is 0 Å². The standard InChI is InChI=1S/C15H17NO.C7H15N/c1-4-5-8-15(12(2)10-13(3)17)14-7-6-9-16-11-14;1-2-4-6-8-7-5-3-1/h4-9,11H,1,10H2,2-3H3;8H,1-7H2/b8-5-,15-12-;. The Hall–Kier alpha value is -2.00. The predicted molar refractivity (Wildman–Crippen MR) is 107 cm³/mol. The van der Waals surface area contributed by atoms with E-state index < -0.39 is 0 Å². The third-order valence-corrected chi connectivity index (χ3v) is 4.05. The monoisotopic (exact) mass is 340 g/mol. The van der Waals surface area contributed by atoms with Gasteiger partial charge in [-0.3, -0.25) is 9.78 Å². The number of hydrogen-bond acceptors (Lipinski definition) is 3. The highest BCUT2D eigenvalue weighted by molar-refractivity contribution is 5.84. The largest absolute Gasteiger partial charge is 0.317 e. The molecule has 1 aromatic heterocycles. The summed E-state index contributed by atoms with van der Waals surface area (Å²) in [4.78, 5) is 15.3. The molecule has 0 aromatic carbocycles. The van der Waals surface area contributed by atoms with Crippen LogP contribution in [0.1, 0.15) is 57.9 Å². The van der Waals surface area contributed by atoms with Crippen LogP contribution in [-0.4, -0.2) is 23.9 Å². The molecule has 0 unspecified atom stereocenters. The highest BCUT2D eigenvalue weighted by atomic mass is 16.1. The van der Waals surface area contributed by atoms with Crippen LogP contribution in [0.25, 0.3) is 5.57 Å². The molecule has 0 radical (unpaired) electrons. The Morgan fingerprint density at radius 1 is 1.20 bits per heavy atom. The van der Waals surface area contributed by atoms with Gasteiger partial charge in [0.1, 0.15) is 5.78 Å². The molecule has 3 nitrogen and oxygen atoms in total. The maximum atomic E-state index is 11.2. The highest BCUT2D eigenvalue weighted by Crippen LogP contribution is 2.21. The lowest BCUT2D eigenvalue weighted by Crippen LogP contribution is -2.18. The normalized spacial score (nSPS) is 16.1. The lowest BCUT2D eigenvalue weighted by molar-refractivity contribution is -0.116. The number of allylic oxidation sites excluding steroid dienone is 5. The first-order valence-corrected chi connectivity index (χ1v) is 9.24. The first-order valence-electron chi connectivity index (χ1n) is 9.24. The number of ketones is 1. The number of nitrogens with zero attached hydrogens (tertiary/aromatic N) is 1. The molecular weight excluding hydrogens is 308 g/mol. The zero-order valence-corrected chi connectivity index (χ0v) is 15.8. The van der Waals surface area contributed by atoms with E-state index >= 15 is 0 Å². The summed E-state index contributed by atoms with van der Waals surface area (Å²) in [7, 11) is 0. The van der Waals surface area contributed by atoms with E-state index in [1.807, 2.05) is 31.2 Å². The Morgan fingerprint density at radius 3 is 2.44 bits per heavy atom. The average Bonchev–Trinajstić information content (AvgIpc) is 2.55. The molecule has 0 bridgehead atoms. The fourth-order valence-corrected chi connectivity index (χ4v) is 2.80.